The number of hydrogen-bond acceptors (Lipinski definition) is 5. The maximum Gasteiger partial charge on any atom is 0.261 e. The standard InChI is InChI=1S/C24H30N4O4.HI/c1-16(20-15-17(31-3)11-12-21(20)32-4)27-24(25-2)26-13-7-8-14-28-22(29)18-9-5-6-10-19(18)23(28)30;/h5-6,9-12,15-16H,7-8,13-14H2,1-4H3,(H2,25,26,27);1H. The Hall–Kier alpha value is -2.82. The molecule has 0 bridgehead atoms. The molecule has 2 aromatic rings. The van der Waals surface area contributed by atoms with Gasteiger partial charge in [-0.3, -0.25) is 19.5 Å². The molecule has 2 N–H and O–H groups in total. The van der Waals surface area contributed by atoms with Crippen molar-refractivity contribution >= 4 is 41.8 Å². The van der Waals surface area contributed by atoms with Crippen molar-refractivity contribution in [3.8, 4) is 11.5 Å². The van der Waals surface area contributed by atoms with Crippen LogP contribution in [0.25, 0.3) is 0 Å². The van der Waals surface area contributed by atoms with Gasteiger partial charge in [-0.1, -0.05) is 12.1 Å². The van der Waals surface area contributed by atoms with Gasteiger partial charge in [0.15, 0.2) is 5.96 Å². The first-order valence-electron chi connectivity index (χ1n) is 10.6. The number of nitrogens with one attached hydrogen (secondary N) is 2. The first-order chi connectivity index (χ1) is 15.5. The van der Waals surface area contributed by atoms with Crippen molar-refractivity contribution in [3.63, 3.8) is 0 Å². The lowest BCUT2D eigenvalue weighted by molar-refractivity contribution is 0.0652. The van der Waals surface area contributed by atoms with Crippen LogP contribution in [0.15, 0.2) is 47.5 Å². The lowest BCUT2D eigenvalue weighted by atomic mass is 10.1. The first kappa shape index (κ1) is 26.4. The topological polar surface area (TPSA) is 92.3 Å². The van der Waals surface area contributed by atoms with Gasteiger partial charge in [0.1, 0.15) is 11.5 Å². The van der Waals surface area contributed by atoms with Crippen LogP contribution in [0, 0.1) is 0 Å². The average molecular weight is 566 g/mol. The van der Waals surface area contributed by atoms with E-state index in [4.69, 9.17) is 9.47 Å². The summed E-state index contributed by atoms with van der Waals surface area (Å²) in [6, 6.07) is 12.6. The number of rotatable bonds is 9. The van der Waals surface area contributed by atoms with Gasteiger partial charge in [0, 0.05) is 25.7 Å². The molecule has 1 unspecified atom stereocenters. The largest absolute Gasteiger partial charge is 0.497 e. The highest BCUT2D eigenvalue weighted by atomic mass is 127. The number of methoxy groups -OCH3 is 2. The van der Waals surface area contributed by atoms with Crippen LogP contribution in [0.4, 0.5) is 0 Å². The summed E-state index contributed by atoms with van der Waals surface area (Å²) >= 11 is 0. The average Bonchev–Trinajstić information content (AvgIpc) is 3.07. The molecule has 1 heterocycles. The van der Waals surface area contributed by atoms with Crippen LogP contribution in [0.5, 0.6) is 11.5 Å². The highest BCUT2D eigenvalue weighted by molar-refractivity contribution is 14.0. The molecule has 33 heavy (non-hydrogen) atoms. The molecule has 1 aliphatic heterocycles. The molecule has 2 amide bonds. The van der Waals surface area contributed by atoms with Gasteiger partial charge >= 0.3 is 0 Å². The molecular weight excluding hydrogens is 535 g/mol. The number of carbonyl (C=O) groups is 2. The Bertz CT molecular complexity index is 977. The zero-order valence-electron chi connectivity index (χ0n) is 19.4. The minimum atomic E-state index is -0.211. The summed E-state index contributed by atoms with van der Waals surface area (Å²) in [5.41, 5.74) is 1.93. The molecule has 3 rings (SSSR count). The van der Waals surface area contributed by atoms with Crippen molar-refractivity contribution in [2.45, 2.75) is 25.8 Å². The van der Waals surface area contributed by atoms with Gasteiger partial charge < -0.3 is 20.1 Å². The maximum absolute atomic E-state index is 12.4. The number of ether oxygens (including phenoxy) is 2. The van der Waals surface area contributed by atoms with Crippen molar-refractivity contribution in [2.75, 3.05) is 34.4 Å². The predicted molar refractivity (Wildman–Crippen MR) is 139 cm³/mol. The Morgan fingerprint density at radius 3 is 2.27 bits per heavy atom. The zero-order chi connectivity index (χ0) is 23.1. The molecular formula is C24H31IN4O4. The van der Waals surface area contributed by atoms with Crippen molar-refractivity contribution in [3.05, 3.63) is 59.2 Å². The number of hydrogen-bond donors (Lipinski definition) is 2. The van der Waals surface area contributed by atoms with E-state index in [9.17, 15) is 9.59 Å². The highest BCUT2D eigenvalue weighted by Gasteiger charge is 2.34. The third-order valence-electron chi connectivity index (χ3n) is 5.46. The van der Waals surface area contributed by atoms with Crippen LogP contribution in [0.2, 0.25) is 0 Å². The van der Waals surface area contributed by atoms with Gasteiger partial charge in [0.25, 0.3) is 11.8 Å². The maximum atomic E-state index is 12.4. The number of nitrogens with zero attached hydrogens (tertiary/aromatic N) is 2. The molecule has 0 aliphatic carbocycles. The molecule has 1 atom stereocenters. The Kier molecular flexibility index (Phi) is 9.95. The summed E-state index contributed by atoms with van der Waals surface area (Å²) in [4.78, 5) is 30.5. The second-order valence-corrected chi connectivity index (χ2v) is 7.49. The van der Waals surface area contributed by atoms with E-state index in [0.717, 1.165) is 23.5 Å². The molecule has 2 aromatic carbocycles. The van der Waals surface area contributed by atoms with E-state index in [1.165, 1.54) is 4.90 Å². The number of guanidine groups is 1. The molecule has 0 radical (unpaired) electrons. The van der Waals surface area contributed by atoms with E-state index in [1.54, 1.807) is 45.5 Å². The summed E-state index contributed by atoms with van der Waals surface area (Å²) in [5.74, 6) is 1.75. The number of benzene rings is 2. The van der Waals surface area contributed by atoms with Crippen LogP contribution in [0.3, 0.4) is 0 Å². The van der Waals surface area contributed by atoms with Gasteiger partial charge in [-0.15, -0.1) is 24.0 Å². The van der Waals surface area contributed by atoms with Crippen LogP contribution in [0.1, 0.15) is 52.1 Å². The van der Waals surface area contributed by atoms with Gasteiger partial charge in [0.05, 0.1) is 31.4 Å². The number of carbonyl (C=O) groups excluding carboxylic acids is 2. The Balaban J connectivity index is 0.00000385. The minimum absolute atomic E-state index is 0. The van der Waals surface area contributed by atoms with Gasteiger partial charge in [0.2, 0.25) is 0 Å². The molecule has 0 saturated carbocycles. The summed E-state index contributed by atoms with van der Waals surface area (Å²) in [6.45, 7) is 3.08. The number of aliphatic imine (C=N–C) groups is 1. The SMILES string of the molecule is CN=C(NCCCCN1C(=O)c2ccccc2C1=O)NC(C)c1cc(OC)ccc1OC.I. The summed E-state index contributed by atoms with van der Waals surface area (Å²) in [7, 11) is 4.98. The number of amides is 2. The normalized spacial score (nSPS) is 13.8. The summed E-state index contributed by atoms with van der Waals surface area (Å²) in [6.07, 6.45) is 1.49. The fraction of sp³-hybridized carbons (Fsp3) is 0.375. The number of unbranched alkanes of at least 4 members (excludes halogenated alkanes) is 1. The molecule has 1 aliphatic rings. The molecule has 178 valence electrons. The zero-order valence-corrected chi connectivity index (χ0v) is 21.7. The Labute approximate surface area is 211 Å². The third-order valence-corrected chi connectivity index (χ3v) is 5.46. The number of imide groups is 1. The molecule has 0 spiro atoms. The highest BCUT2D eigenvalue weighted by Crippen LogP contribution is 2.29. The Morgan fingerprint density at radius 1 is 1.03 bits per heavy atom. The molecule has 9 heteroatoms. The second-order valence-electron chi connectivity index (χ2n) is 7.49. The van der Waals surface area contributed by atoms with Gasteiger partial charge in [-0.25, -0.2) is 0 Å². The molecule has 0 saturated heterocycles. The second kappa shape index (κ2) is 12.4. The van der Waals surface area contributed by atoms with Crippen molar-refractivity contribution in [1.82, 2.24) is 15.5 Å². The van der Waals surface area contributed by atoms with Crippen molar-refractivity contribution in [1.29, 1.82) is 0 Å². The van der Waals surface area contributed by atoms with E-state index in [0.29, 0.717) is 36.6 Å². The van der Waals surface area contributed by atoms with Crippen molar-refractivity contribution < 1.29 is 19.1 Å². The van der Waals surface area contributed by atoms with E-state index in [2.05, 4.69) is 15.6 Å². The summed E-state index contributed by atoms with van der Waals surface area (Å²) in [5, 5.41) is 6.63. The predicted octanol–water partition coefficient (Wildman–Crippen LogP) is 3.62. The smallest absolute Gasteiger partial charge is 0.261 e. The van der Waals surface area contributed by atoms with E-state index in [1.807, 2.05) is 25.1 Å². The van der Waals surface area contributed by atoms with Crippen LogP contribution < -0.4 is 20.1 Å². The summed E-state index contributed by atoms with van der Waals surface area (Å²) < 4.78 is 10.8. The van der Waals surface area contributed by atoms with Crippen molar-refractivity contribution in [2.24, 2.45) is 4.99 Å². The fourth-order valence-corrected chi connectivity index (χ4v) is 3.70. The van der Waals surface area contributed by atoms with E-state index < -0.39 is 0 Å². The Morgan fingerprint density at radius 2 is 1.70 bits per heavy atom. The van der Waals surface area contributed by atoms with Gasteiger partial charge in [-0.05, 0) is 50.1 Å². The fourth-order valence-electron chi connectivity index (χ4n) is 3.70. The lowest BCUT2D eigenvalue weighted by Gasteiger charge is -2.21. The quantitative estimate of drug-likeness (QED) is 0.159. The van der Waals surface area contributed by atoms with Gasteiger partial charge in [-0.2, -0.15) is 0 Å². The molecule has 0 fully saturated rings. The number of halogens is 1. The lowest BCUT2D eigenvalue weighted by Crippen LogP contribution is -2.39. The third kappa shape index (κ3) is 6.16. The first-order valence-corrected chi connectivity index (χ1v) is 10.6. The minimum Gasteiger partial charge on any atom is -0.497 e. The van der Waals surface area contributed by atoms with Crippen LogP contribution >= 0.6 is 24.0 Å². The number of fused-ring (bicyclic) bond motifs is 1. The van der Waals surface area contributed by atoms with Crippen LogP contribution in [-0.4, -0.2) is 57.0 Å². The molecule has 0 aromatic heterocycles. The van der Waals surface area contributed by atoms with E-state index in [-0.39, 0.29) is 41.8 Å². The van der Waals surface area contributed by atoms with E-state index >= 15 is 0 Å². The monoisotopic (exact) mass is 566 g/mol. The van der Waals surface area contributed by atoms with Crippen LogP contribution in [-0.2, 0) is 0 Å². The molecule has 8 nitrogen and oxygen atoms in total.